The molecule has 2 saturated carbocycles. The lowest BCUT2D eigenvalue weighted by Gasteiger charge is -2.44. The molecule has 2 N–H and O–H groups in total. The molecule has 3 aliphatic rings. The molecule has 2 fully saturated rings. The van der Waals surface area contributed by atoms with E-state index in [0.717, 1.165) is 44.1 Å². The monoisotopic (exact) mass is 493 g/mol. The second-order valence-corrected chi connectivity index (χ2v) is 10.4. The van der Waals surface area contributed by atoms with Crippen LogP contribution in [0.4, 0.5) is 0 Å². The Kier molecular flexibility index (Phi) is 6.73. The summed E-state index contributed by atoms with van der Waals surface area (Å²) in [6.07, 6.45) is 9.70. The predicted octanol–water partition coefficient (Wildman–Crippen LogP) is 3.04. The zero-order valence-electron chi connectivity index (χ0n) is 21.1. The van der Waals surface area contributed by atoms with Gasteiger partial charge in [0.05, 0.1) is 20.0 Å². The highest BCUT2D eigenvalue weighted by Gasteiger charge is 2.53. The number of aromatic nitrogens is 2. The van der Waals surface area contributed by atoms with Crippen LogP contribution in [-0.4, -0.2) is 56.9 Å². The first-order valence-electron chi connectivity index (χ1n) is 13.0. The average Bonchev–Trinajstić information content (AvgIpc) is 3.66. The summed E-state index contributed by atoms with van der Waals surface area (Å²) >= 11 is 0. The van der Waals surface area contributed by atoms with Crippen molar-refractivity contribution in [1.82, 2.24) is 25.1 Å². The number of amides is 3. The molecule has 36 heavy (non-hydrogen) atoms. The maximum atomic E-state index is 13.8. The molecule has 0 bridgehead atoms. The van der Waals surface area contributed by atoms with Crippen LogP contribution in [0.5, 0.6) is 5.75 Å². The van der Waals surface area contributed by atoms with Gasteiger partial charge in [0.1, 0.15) is 17.0 Å². The van der Waals surface area contributed by atoms with E-state index in [1.165, 1.54) is 19.2 Å². The van der Waals surface area contributed by atoms with Crippen molar-refractivity contribution in [2.45, 2.75) is 89.0 Å². The number of methoxy groups -OCH3 is 1. The van der Waals surface area contributed by atoms with Crippen molar-refractivity contribution in [3.8, 4) is 5.75 Å². The summed E-state index contributed by atoms with van der Waals surface area (Å²) in [6, 6.07) is 7.63. The van der Waals surface area contributed by atoms with Crippen molar-refractivity contribution in [3.05, 3.63) is 47.5 Å². The number of imidazole rings is 1. The maximum Gasteiger partial charge on any atom is 0.274 e. The van der Waals surface area contributed by atoms with Crippen LogP contribution in [0.15, 0.2) is 30.6 Å². The topological polar surface area (TPSA) is 106 Å². The van der Waals surface area contributed by atoms with E-state index in [0.29, 0.717) is 5.75 Å². The van der Waals surface area contributed by atoms with Gasteiger partial charge in [-0.2, -0.15) is 0 Å². The second kappa shape index (κ2) is 9.95. The highest BCUT2D eigenvalue weighted by molar-refractivity contribution is 6.07. The van der Waals surface area contributed by atoms with Crippen molar-refractivity contribution in [2.75, 3.05) is 7.11 Å². The Bertz CT molecular complexity index is 1150. The number of para-hydroxylation sites is 1. The number of fused-ring (bicyclic) bond motifs is 1. The van der Waals surface area contributed by atoms with Gasteiger partial charge in [0.15, 0.2) is 5.69 Å². The van der Waals surface area contributed by atoms with E-state index in [1.807, 2.05) is 24.3 Å². The lowest BCUT2D eigenvalue weighted by atomic mass is 9.93. The molecule has 192 valence electrons. The molecule has 1 unspecified atom stereocenters. The molecule has 1 aromatic carbocycles. The molecule has 0 radical (unpaired) electrons. The Labute approximate surface area is 211 Å². The first-order chi connectivity index (χ1) is 17.4. The molecule has 3 amide bonds. The molecule has 2 aromatic rings. The van der Waals surface area contributed by atoms with Crippen molar-refractivity contribution in [2.24, 2.45) is 0 Å². The number of rotatable bonds is 7. The van der Waals surface area contributed by atoms with Gasteiger partial charge in [-0.15, -0.1) is 0 Å². The third-order valence-corrected chi connectivity index (χ3v) is 7.71. The normalized spacial score (nSPS) is 22.5. The number of nitrogens with one attached hydrogen (secondary N) is 2. The molecule has 9 nitrogen and oxygen atoms in total. The summed E-state index contributed by atoms with van der Waals surface area (Å²) in [5, 5.41) is 6.12. The molecule has 1 aliphatic heterocycles. The molecule has 1 aromatic heterocycles. The van der Waals surface area contributed by atoms with Crippen LogP contribution in [0.2, 0.25) is 0 Å². The van der Waals surface area contributed by atoms with E-state index in [9.17, 15) is 14.4 Å². The minimum Gasteiger partial charge on any atom is -0.496 e. The zero-order chi connectivity index (χ0) is 25.3. The van der Waals surface area contributed by atoms with Crippen LogP contribution in [0.1, 0.15) is 84.8 Å². The van der Waals surface area contributed by atoms with E-state index < -0.39 is 5.54 Å². The fourth-order valence-electron chi connectivity index (χ4n) is 5.61. The van der Waals surface area contributed by atoms with E-state index in [1.54, 1.807) is 23.5 Å². The van der Waals surface area contributed by atoms with Crippen molar-refractivity contribution < 1.29 is 19.1 Å². The number of hydrogen-bond donors (Lipinski definition) is 2. The molecule has 2 aliphatic carbocycles. The fourth-order valence-corrected chi connectivity index (χ4v) is 5.61. The third kappa shape index (κ3) is 4.58. The molecule has 0 spiro atoms. The van der Waals surface area contributed by atoms with Crippen LogP contribution >= 0.6 is 0 Å². The van der Waals surface area contributed by atoms with Crippen molar-refractivity contribution in [3.63, 3.8) is 0 Å². The van der Waals surface area contributed by atoms with Gasteiger partial charge in [-0.25, -0.2) is 4.98 Å². The molecular formula is C27H35N5O4. The summed E-state index contributed by atoms with van der Waals surface area (Å²) in [5.74, 6) is -0.147. The fraction of sp³-hybridized carbons (Fsp3) is 0.556. The Balaban J connectivity index is 1.37. The Hall–Kier alpha value is -3.36. The van der Waals surface area contributed by atoms with Gasteiger partial charge >= 0.3 is 0 Å². The Morgan fingerprint density at radius 3 is 2.53 bits per heavy atom. The largest absolute Gasteiger partial charge is 0.496 e. The summed E-state index contributed by atoms with van der Waals surface area (Å²) in [6.45, 7) is 2.33. The minimum atomic E-state index is -1.09. The predicted molar refractivity (Wildman–Crippen MR) is 134 cm³/mol. The quantitative estimate of drug-likeness (QED) is 0.577. The molecule has 5 rings (SSSR count). The molecule has 0 saturated heterocycles. The van der Waals surface area contributed by atoms with E-state index in [-0.39, 0.29) is 54.3 Å². The number of ether oxygens (including phenoxy) is 1. The molecular weight excluding hydrogens is 458 g/mol. The highest BCUT2D eigenvalue weighted by atomic mass is 16.5. The van der Waals surface area contributed by atoms with Gasteiger partial charge in [0.2, 0.25) is 5.91 Å². The van der Waals surface area contributed by atoms with Crippen LogP contribution in [0.25, 0.3) is 0 Å². The van der Waals surface area contributed by atoms with Crippen LogP contribution in [-0.2, 0) is 17.9 Å². The van der Waals surface area contributed by atoms with E-state index in [2.05, 4.69) is 15.6 Å². The van der Waals surface area contributed by atoms with Gasteiger partial charge in [0.25, 0.3) is 11.8 Å². The van der Waals surface area contributed by atoms with Crippen LogP contribution in [0.3, 0.4) is 0 Å². The van der Waals surface area contributed by atoms with Crippen molar-refractivity contribution in [1.29, 1.82) is 0 Å². The second-order valence-electron chi connectivity index (χ2n) is 10.4. The summed E-state index contributed by atoms with van der Waals surface area (Å²) < 4.78 is 7.07. The minimum absolute atomic E-state index is 0.0130. The first kappa shape index (κ1) is 24.3. The first-order valence-corrected chi connectivity index (χ1v) is 13.0. The molecule has 1 atom stereocenters. The number of carbonyl (C=O) groups excluding carboxylic acids is 3. The van der Waals surface area contributed by atoms with E-state index in [4.69, 9.17) is 4.74 Å². The molecule has 2 heterocycles. The summed E-state index contributed by atoms with van der Waals surface area (Å²) in [4.78, 5) is 46.6. The SMILES string of the molecule is COc1ccccc1CNC(=O)C1(C)Cn2cnc(C(=O)NC3CCCCCC3)c2C(=O)N1C1CC1. The highest BCUT2D eigenvalue weighted by Crippen LogP contribution is 2.39. The van der Waals surface area contributed by atoms with Gasteiger partial charge in [0, 0.05) is 24.2 Å². The van der Waals surface area contributed by atoms with Gasteiger partial charge in [-0.05, 0) is 38.7 Å². The van der Waals surface area contributed by atoms with Crippen LogP contribution in [0, 0.1) is 0 Å². The smallest absolute Gasteiger partial charge is 0.274 e. The van der Waals surface area contributed by atoms with Crippen molar-refractivity contribution >= 4 is 17.7 Å². The average molecular weight is 494 g/mol. The Morgan fingerprint density at radius 1 is 1.11 bits per heavy atom. The number of hydrogen-bond acceptors (Lipinski definition) is 5. The lowest BCUT2D eigenvalue weighted by Crippen LogP contribution is -2.64. The van der Waals surface area contributed by atoms with Gasteiger partial charge in [-0.3, -0.25) is 14.4 Å². The van der Waals surface area contributed by atoms with Crippen LogP contribution < -0.4 is 15.4 Å². The maximum absolute atomic E-state index is 13.8. The summed E-state index contributed by atoms with van der Waals surface area (Å²) in [5.41, 5.74) is 0.204. The number of benzene rings is 1. The number of carbonyl (C=O) groups is 3. The zero-order valence-corrected chi connectivity index (χ0v) is 21.1. The van der Waals surface area contributed by atoms with E-state index >= 15 is 0 Å². The third-order valence-electron chi connectivity index (χ3n) is 7.71. The van der Waals surface area contributed by atoms with Gasteiger partial charge < -0.3 is 24.8 Å². The standard InChI is InChI=1S/C27H35N5O4/c1-27(26(35)28-15-18-9-7-8-12-21(18)36-2)16-31-17-29-22(23(31)25(34)32(27)20-13-14-20)24(33)30-19-10-5-3-4-6-11-19/h7-9,12,17,19-20H,3-6,10-11,13-16H2,1-2H3,(H,28,35)(H,30,33). The Morgan fingerprint density at radius 2 is 1.83 bits per heavy atom. The lowest BCUT2D eigenvalue weighted by molar-refractivity contribution is -0.133. The van der Waals surface area contributed by atoms with Gasteiger partial charge in [-0.1, -0.05) is 43.9 Å². The summed E-state index contributed by atoms with van der Waals surface area (Å²) in [7, 11) is 1.60. The molecule has 9 heteroatoms. The number of nitrogens with zero attached hydrogens (tertiary/aromatic N) is 3.